The van der Waals surface area contributed by atoms with Crippen molar-refractivity contribution >= 4 is 11.9 Å². The summed E-state index contributed by atoms with van der Waals surface area (Å²) in [7, 11) is 0. The average molecular weight is 681 g/mol. The van der Waals surface area contributed by atoms with E-state index in [0.717, 1.165) is 76.5 Å². The summed E-state index contributed by atoms with van der Waals surface area (Å²) in [6, 6.07) is 0. The number of rotatable bonds is 39. The predicted octanol–water partition coefficient (Wildman–Crippen LogP) is 13.4. The molecular formula is C43H84O5. The highest BCUT2D eigenvalue weighted by atomic mass is 16.5. The van der Waals surface area contributed by atoms with Gasteiger partial charge in [0, 0.05) is 12.8 Å². The molecule has 2 unspecified atom stereocenters. The zero-order valence-corrected chi connectivity index (χ0v) is 32.7. The molecule has 286 valence electrons. The SMILES string of the molecule is CCCCCCC(C)CCCCCCCCCCC(=O)OCCCCCCOC(=O)CCCCCCCCCCC(O)CCCCCC. The Morgan fingerprint density at radius 3 is 1.08 bits per heavy atom. The van der Waals surface area contributed by atoms with Gasteiger partial charge in [0.25, 0.3) is 0 Å². The molecule has 0 aromatic rings. The van der Waals surface area contributed by atoms with Gasteiger partial charge in [-0.15, -0.1) is 0 Å². The predicted molar refractivity (Wildman–Crippen MR) is 205 cm³/mol. The van der Waals surface area contributed by atoms with Crippen molar-refractivity contribution in [1.82, 2.24) is 0 Å². The normalized spacial score (nSPS) is 12.7. The molecule has 0 saturated heterocycles. The van der Waals surface area contributed by atoms with Crippen molar-refractivity contribution in [3.63, 3.8) is 0 Å². The first kappa shape index (κ1) is 46.9. The Balaban J connectivity index is 3.32. The molecule has 0 fully saturated rings. The van der Waals surface area contributed by atoms with Gasteiger partial charge in [0.2, 0.25) is 0 Å². The van der Waals surface area contributed by atoms with Crippen LogP contribution in [0.3, 0.4) is 0 Å². The molecule has 0 heterocycles. The molecule has 0 aliphatic rings. The van der Waals surface area contributed by atoms with Gasteiger partial charge in [0.1, 0.15) is 0 Å². The third-order valence-corrected chi connectivity index (χ3v) is 10.0. The third-order valence-electron chi connectivity index (χ3n) is 10.0. The number of hydrogen-bond donors (Lipinski definition) is 1. The van der Waals surface area contributed by atoms with E-state index < -0.39 is 0 Å². The van der Waals surface area contributed by atoms with Gasteiger partial charge in [-0.05, 0) is 57.3 Å². The van der Waals surface area contributed by atoms with Crippen LogP contribution in [0.2, 0.25) is 0 Å². The van der Waals surface area contributed by atoms with Crippen molar-refractivity contribution in [2.24, 2.45) is 5.92 Å². The monoisotopic (exact) mass is 681 g/mol. The topological polar surface area (TPSA) is 72.8 Å². The second-order valence-corrected chi connectivity index (χ2v) is 15.0. The van der Waals surface area contributed by atoms with Crippen LogP contribution in [-0.2, 0) is 19.1 Å². The second-order valence-electron chi connectivity index (χ2n) is 15.0. The number of esters is 2. The third kappa shape index (κ3) is 37.7. The van der Waals surface area contributed by atoms with Crippen LogP contribution < -0.4 is 0 Å². The lowest BCUT2D eigenvalue weighted by Gasteiger charge is -2.10. The number of carbonyl (C=O) groups excluding carboxylic acids is 2. The van der Waals surface area contributed by atoms with E-state index in [0.29, 0.717) is 26.1 Å². The van der Waals surface area contributed by atoms with Crippen LogP contribution in [0.25, 0.3) is 0 Å². The Morgan fingerprint density at radius 1 is 0.417 bits per heavy atom. The van der Waals surface area contributed by atoms with E-state index in [1.165, 1.54) is 135 Å². The number of unbranched alkanes of at least 4 members (excludes halogenated alkanes) is 23. The molecule has 5 heteroatoms. The molecule has 0 aliphatic carbocycles. The first-order chi connectivity index (χ1) is 23.5. The van der Waals surface area contributed by atoms with Crippen LogP contribution in [0.15, 0.2) is 0 Å². The van der Waals surface area contributed by atoms with Gasteiger partial charge in [-0.25, -0.2) is 0 Å². The lowest BCUT2D eigenvalue weighted by molar-refractivity contribution is -0.145. The summed E-state index contributed by atoms with van der Waals surface area (Å²) in [6.07, 6.45) is 39.5. The zero-order chi connectivity index (χ0) is 35.2. The Hall–Kier alpha value is -1.10. The first-order valence-electron chi connectivity index (χ1n) is 21.5. The molecule has 0 aromatic heterocycles. The first-order valence-corrected chi connectivity index (χ1v) is 21.5. The molecule has 5 nitrogen and oxygen atoms in total. The molecular weight excluding hydrogens is 596 g/mol. The number of aliphatic hydroxyl groups is 1. The molecule has 2 atom stereocenters. The number of carbonyl (C=O) groups is 2. The molecule has 48 heavy (non-hydrogen) atoms. The van der Waals surface area contributed by atoms with Crippen molar-refractivity contribution in [3.8, 4) is 0 Å². The van der Waals surface area contributed by atoms with Gasteiger partial charge < -0.3 is 14.6 Å². The summed E-state index contributed by atoms with van der Waals surface area (Å²) in [4.78, 5) is 24.0. The van der Waals surface area contributed by atoms with E-state index in [4.69, 9.17) is 9.47 Å². The maximum atomic E-state index is 12.0. The largest absolute Gasteiger partial charge is 0.466 e. The molecule has 0 bridgehead atoms. The number of aliphatic hydroxyl groups excluding tert-OH is 1. The Bertz CT molecular complexity index is 610. The van der Waals surface area contributed by atoms with Gasteiger partial charge in [-0.2, -0.15) is 0 Å². The highest BCUT2D eigenvalue weighted by Crippen LogP contribution is 2.19. The summed E-state index contributed by atoms with van der Waals surface area (Å²) in [5, 5.41) is 10.1. The lowest BCUT2D eigenvalue weighted by atomic mass is 9.96. The summed E-state index contributed by atoms with van der Waals surface area (Å²) in [6.45, 7) is 7.95. The number of hydrogen-bond acceptors (Lipinski definition) is 5. The summed E-state index contributed by atoms with van der Waals surface area (Å²) < 4.78 is 10.8. The molecule has 0 radical (unpaired) electrons. The minimum Gasteiger partial charge on any atom is -0.466 e. The quantitative estimate of drug-likeness (QED) is 0.0517. The maximum Gasteiger partial charge on any atom is 0.305 e. The van der Waals surface area contributed by atoms with E-state index in [9.17, 15) is 14.7 Å². The zero-order valence-electron chi connectivity index (χ0n) is 32.7. The Kier molecular flexibility index (Phi) is 37.8. The molecule has 0 rings (SSSR count). The standard InChI is InChI=1S/C43H84O5/c1-4-6-8-24-32-40(3)33-25-18-14-10-12-16-20-28-36-42(45)47-38-30-22-23-31-39-48-43(46)37-29-21-17-13-11-15-19-27-35-41(44)34-26-9-7-5-2/h40-41,44H,4-39H2,1-3H3. The van der Waals surface area contributed by atoms with Gasteiger partial charge in [0.15, 0.2) is 0 Å². The van der Waals surface area contributed by atoms with E-state index in [1.54, 1.807) is 0 Å². The van der Waals surface area contributed by atoms with E-state index >= 15 is 0 Å². The van der Waals surface area contributed by atoms with E-state index in [1.807, 2.05) is 0 Å². The minimum absolute atomic E-state index is 0.0488. The van der Waals surface area contributed by atoms with E-state index in [2.05, 4.69) is 20.8 Å². The van der Waals surface area contributed by atoms with Crippen LogP contribution in [-0.4, -0.2) is 36.4 Å². The summed E-state index contributed by atoms with van der Waals surface area (Å²) >= 11 is 0. The highest BCUT2D eigenvalue weighted by molar-refractivity contribution is 5.69. The highest BCUT2D eigenvalue weighted by Gasteiger charge is 2.06. The number of ether oxygens (including phenoxy) is 2. The molecule has 0 amide bonds. The van der Waals surface area contributed by atoms with Gasteiger partial charge >= 0.3 is 11.9 Å². The van der Waals surface area contributed by atoms with Crippen molar-refractivity contribution in [2.75, 3.05) is 13.2 Å². The summed E-state index contributed by atoms with van der Waals surface area (Å²) in [5.41, 5.74) is 0. The van der Waals surface area contributed by atoms with Crippen molar-refractivity contribution < 1.29 is 24.2 Å². The van der Waals surface area contributed by atoms with Crippen LogP contribution in [0.5, 0.6) is 0 Å². The fraction of sp³-hybridized carbons (Fsp3) is 0.953. The van der Waals surface area contributed by atoms with Crippen LogP contribution in [0.4, 0.5) is 0 Å². The van der Waals surface area contributed by atoms with Crippen LogP contribution in [0, 0.1) is 5.92 Å². The Morgan fingerprint density at radius 2 is 0.708 bits per heavy atom. The fourth-order valence-corrected chi connectivity index (χ4v) is 6.62. The van der Waals surface area contributed by atoms with Crippen LogP contribution >= 0.6 is 0 Å². The molecule has 1 N–H and O–H groups in total. The van der Waals surface area contributed by atoms with Crippen LogP contribution in [0.1, 0.15) is 239 Å². The van der Waals surface area contributed by atoms with Crippen molar-refractivity contribution in [1.29, 1.82) is 0 Å². The Labute approximate surface area is 299 Å². The van der Waals surface area contributed by atoms with E-state index in [-0.39, 0.29) is 18.0 Å². The molecule has 0 spiro atoms. The van der Waals surface area contributed by atoms with Gasteiger partial charge in [0.05, 0.1) is 19.3 Å². The molecule has 0 aliphatic heterocycles. The molecule has 0 aromatic carbocycles. The van der Waals surface area contributed by atoms with Gasteiger partial charge in [-0.3, -0.25) is 9.59 Å². The smallest absolute Gasteiger partial charge is 0.305 e. The minimum atomic E-state index is -0.0964. The lowest BCUT2D eigenvalue weighted by Crippen LogP contribution is -2.07. The van der Waals surface area contributed by atoms with Gasteiger partial charge in [-0.1, -0.05) is 175 Å². The fourth-order valence-electron chi connectivity index (χ4n) is 6.62. The second kappa shape index (κ2) is 38.7. The average Bonchev–Trinajstić information content (AvgIpc) is 3.07. The van der Waals surface area contributed by atoms with Crippen molar-refractivity contribution in [3.05, 3.63) is 0 Å². The van der Waals surface area contributed by atoms with Crippen molar-refractivity contribution in [2.45, 2.75) is 245 Å². The molecule has 0 saturated carbocycles. The maximum absolute atomic E-state index is 12.0. The summed E-state index contributed by atoms with van der Waals surface area (Å²) in [5.74, 6) is 0.787.